The lowest BCUT2D eigenvalue weighted by molar-refractivity contribution is 1.17. The van der Waals surface area contributed by atoms with Gasteiger partial charge in [-0.25, -0.2) is 0 Å². The second-order valence-corrected chi connectivity index (χ2v) is 18.0. The van der Waals surface area contributed by atoms with Crippen LogP contribution >= 0.6 is 0 Å². The van der Waals surface area contributed by atoms with E-state index >= 15 is 0 Å². The van der Waals surface area contributed by atoms with Gasteiger partial charge < -0.3 is 13.7 Å². The molecule has 0 fully saturated rings. The number of rotatable bonds is 7. The number of fused-ring (bicyclic) bond motifs is 10. The van der Waals surface area contributed by atoms with Crippen molar-refractivity contribution in [2.75, 3.05) is 0 Å². The van der Waals surface area contributed by atoms with Crippen LogP contribution in [-0.2, 0) is 0 Å². The van der Waals surface area contributed by atoms with Gasteiger partial charge in [0.2, 0.25) is 0 Å². The molecule has 0 unspecified atom stereocenters. The molecule has 14 rings (SSSR count). The zero-order valence-electron chi connectivity index (χ0n) is 37.7. The van der Waals surface area contributed by atoms with Crippen LogP contribution < -0.4 is 0 Å². The number of hydrogen-bond acceptors (Lipinski definition) is 0. The van der Waals surface area contributed by atoms with Gasteiger partial charge in [0.1, 0.15) is 0 Å². The van der Waals surface area contributed by atoms with Gasteiger partial charge in [-0.15, -0.1) is 0 Å². The SMILES string of the molecule is c1ccc(-c2ccccc2-n2c3ccccc3c3ccc4c(c5ccccc5n4-c4ccccc4-c4ccc5c(c4)c4ccccc4n5-c4c(-c5ccccc5)cccc4-c4ccccc4)c32)cc1. The van der Waals surface area contributed by atoms with E-state index in [0.29, 0.717) is 0 Å². The summed E-state index contributed by atoms with van der Waals surface area (Å²) in [4.78, 5) is 0. The summed E-state index contributed by atoms with van der Waals surface area (Å²) in [6.45, 7) is 0. The molecule has 14 aromatic rings. The van der Waals surface area contributed by atoms with Crippen molar-refractivity contribution in [2.45, 2.75) is 0 Å². The average Bonchev–Trinajstić information content (AvgIpc) is 4.07. The molecule has 11 aromatic carbocycles. The van der Waals surface area contributed by atoms with E-state index in [-0.39, 0.29) is 0 Å². The summed E-state index contributed by atoms with van der Waals surface area (Å²) >= 11 is 0. The Bertz CT molecular complexity index is 4230. The van der Waals surface area contributed by atoms with Crippen LogP contribution in [0.2, 0.25) is 0 Å². The number of nitrogens with zero attached hydrogens (tertiary/aromatic N) is 3. The first-order chi connectivity index (χ1) is 34.3. The fourth-order valence-corrected chi connectivity index (χ4v) is 11.3. The normalized spacial score (nSPS) is 11.8. The molecule has 0 radical (unpaired) electrons. The average molecular weight is 878 g/mol. The lowest BCUT2D eigenvalue weighted by Gasteiger charge is -2.19. The highest BCUT2D eigenvalue weighted by atomic mass is 15.0. The molecule has 0 aliphatic heterocycles. The Morgan fingerprint density at radius 2 is 0.638 bits per heavy atom. The third-order valence-electron chi connectivity index (χ3n) is 14.3. The van der Waals surface area contributed by atoms with Gasteiger partial charge in [0.25, 0.3) is 0 Å². The van der Waals surface area contributed by atoms with Gasteiger partial charge in [-0.2, -0.15) is 0 Å². The third kappa shape index (κ3) is 6.01. The Hall–Kier alpha value is -9.18. The van der Waals surface area contributed by atoms with Gasteiger partial charge in [-0.05, 0) is 70.8 Å². The molecule has 3 aromatic heterocycles. The van der Waals surface area contributed by atoms with Crippen molar-refractivity contribution < 1.29 is 0 Å². The van der Waals surface area contributed by atoms with Gasteiger partial charge in [0.15, 0.2) is 0 Å². The van der Waals surface area contributed by atoms with Crippen molar-refractivity contribution in [1.29, 1.82) is 0 Å². The zero-order valence-corrected chi connectivity index (χ0v) is 37.7. The van der Waals surface area contributed by atoms with Crippen LogP contribution in [0.3, 0.4) is 0 Å². The minimum absolute atomic E-state index is 1.14. The van der Waals surface area contributed by atoms with E-state index in [1.165, 1.54) is 116 Å². The molecule has 0 saturated heterocycles. The zero-order chi connectivity index (χ0) is 45.4. The molecule has 0 aliphatic rings. The summed E-state index contributed by atoms with van der Waals surface area (Å²) in [6.07, 6.45) is 0. The van der Waals surface area contributed by atoms with Crippen LogP contribution in [0.15, 0.2) is 261 Å². The van der Waals surface area contributed by atoms with Crippen molar-refractivity contribution in [3.63, 3.8) is 0 Å². The highest BCUT2D eigenvalue weighted by Crippen LogP contribution is 2.46. The molecule has 3 nitrogen and oxygen atoms in total. The molecule has 0 aliphatic carbocycles. The summed E-state index contributed by atoms with van der Waals surface area (Å²) in [5, 5.41) is 7.37. The molecular weight excluding hydrogens is 835 g/mol. The minimum atomic E-state index is 1.14. The van der Waals surface area contributed by atoms with Crippen molar-refractivity contribution in [3.8, 4) is 61.6 Å². The molecular formula is C66H43N3. The summed E-state index contributed by atoms with van der Waals surface area (Å²) < 4.78 is 7.51. The maximum absolute atomic E-state index is 2.51. The predicted molar refractivity (Wildman–Crippen MR) is 291 cm³/mol. The van der Waals surface area contributed by atoms with Crippen LogP contribution in [0.1, 0.15) is 0 Å². The predicted octanol–water partition coefficient (Wildman–Crippen LogP) is 17.6. The molecule has 0 atom stereocenters. The lowest BCUT2D eigenvalue weighted by atomic mass is 9.95. The van der Waals surface area contributed by atoms with Crippen LogP contribution in [0.4, 0.5) is 0 Å². The maximum Gasteiger partial charge on any atom is 0.0641 e. The molecule has 322 valence electrons. The molecule has 0 amide bonds. The van der Waals surface area contributed by atoms with E-state index in [1.54, 1.807) is 0 Å². The van der Waals surface area contributed by atoms with E-state index in [4.69, 9.17) is 0 Å². The second-order valence-electron chi connectivity index (χ2n) is 18.0. The molecule has 0 bridgehead atoms. The van der Waals surface area contributed by atoms with Gasteiger partial charge in [0.05, 0.1) is 50.2 Å². The third-order valence-corrected chi connectivity index (χ3v) is 14.3. The van der Waals surface area contributed by atoms with Crippen LogP contribution in [0.25, 0.3) is 127 Å². The monoisotopic (exact) mass is 877 g/mol. The number of hydrogen-bond donors (Lipinski definition) is 0. The summed E-state index contributed by atoms with van der Waals surface area (Å²) in [6, 6.07) is 95.4. The molecule has 0 N–H and O–H groups in total. The van der Waals surface area contributed by atoms with E-state index in [2.05, 4.69) is 275 Å². The quantitative estimate of drug-likeness (QED) is 0.152. The van der Waals surface area contributed by atoms with Gasteiger partial charge >= 0.3 is 0 Å². The molecule has 69 heavy (non-hydrogen) atoms. The number of para-hydroxylation sites is 6. The summed E-state index contributed by atoms with van der Waals surface area (Å²) in [5.41, 5.74) is 20.0. The first-order valence-electron chi connectivity index (χ1n) is 23.8. The standard InChI is InChI=1S/C66H43N3/c1-4-21-44(22-5-1)48-27-10-16-35-58(48)69-59-36-17-12-29-52(59)54-40-42-63-64(66(54)69)55-31-14-19-38-61(55)67(63)57-34-15-11-28-49(57)47-39-41-62-56(43-47)53-30-13-18-37-60(53)68(62)65-50(45-23-6-2-7-24-45)32-20-33-51(65)46-25-8-3-9-26-46/h1-43H. The van der Waals surface area contributed by atoms with Gasteiger partial charge in [-0.1, -0.05) is 212 Å². The van der Waals surface area contributed by atoms with Crippen LogP contribution in [-0.4, -0.2) is 13.7 Å². The highest BCUT2D eigenvalue weighted by molar-refractivity contribution is 6.26. The molecule has 3 heteroatoms. The molecule has 3 heterocycles. The van der Waals surface area contributed by atoms with Gasteiger partial charge in [-0.3, -0.25) is 0 Å². The minimum Gasteiger partial charge on any atom is -0.309 e. The van der Waals surface area contributed by atoms with E-state index < -0.39 is 0 Å². The van der Waals surface area contributed by atoms with E-state index in [1.807, 2.05) is 0 Å². The number of aromatic nitrogens is 3. The Labute approximate surface area is 399 Å². The topological polar surface area (TPSA) is 14.8 Å². The second kappa shape index (κ2) is 15.7. The molecule has 0 spiro atoms. The van der Waals surface area contributed by atoms with Crippen molar-refractivity contribution in [2.24, 2.45) is 0 Å². The fourth-order valence-electron chi connectivity index (χ4n) is 11.3. The summed E-state index contributed by atoms with van der Waals surface area (Å²) in [5.74, 6) is 0. The lowest BCUT2D eigenvalue weighted by Crippen LogP contribution is -2.01. The van der Waals surface area contributed by atoms with Crippen LogP contribution in [0, 0.1) is 0 Å². The number of benzene rings is 11. The highest BCUT2D eigenvalue weighted by Gasteiger charge is 2.24. The van der Waals surface area contributed by atoms with Crippen molar-refractivity contribution in [1.82, 2.24) is 13.7 Å². The first kappa shape index (κ1) is 39.0. The smallest absolute Gasteiger partial charge is 0.0641 e. The Morgan fingerprint density at radius 1 is 0.217 bits per heavy atom. The van der Waals surface area contributed by atoms with E-state index in [9.17, 15) is 0 Å². The van der Waals surface area contributed by atoms with Gasteiger partial charge in [0, 0.05) is 54.6 Å². The van der Waals surface area contributed by atoms with Crippen molar-refractivity contribution >= 4 is 65.4 Å². The summed E-state index contributed by atoms with van der Waals surface area (Å²) in [7, 11) is 0. The Balaban J connectivity index is 1.02. The fraction of sp³-hybridized carbons (Fsp3) is 0. The molecule has 0 saturated carbocycles. The Morgan fingerprint density at radius 3 is 1.26 bits per heavy atom. The largest absolute Gasteiger partial charge is 0.309 e. The first-order valence-corrected chi connectivity index (χ1v) is 23.8. The maximum atomic E-state index is 2.51. The van der Waals surface area contributed by atoms with Crippen LogP contribution in [0.5, 0.6) is 0 Å². The van der Waals surface area contributed by atoms with E-state index in [0.717, 1.165) is 11.4 Å². The van der Waals surface area contributed by atoms with Crippen molar-refractivity contribution in [3.05, 3.63) is 261 Å². The Kier molecular flexibility index (Phi) is 8.90.